The number of rotatable bonds is 4. The number of carbonyl (C=O) groups excluding carboxylic acids is 1. The Labute approximate surface area is 86.4 Å². The first-order chi connectivity index (χ1) is 6.77. The summed E-state index contributed by atoms with van der Waals surface area (Å²) in [6.07, 6.45) is 5.63. The molecule has 1 rings (SSSR count). The minimum Gasteiger partial charge on any atom is -0.463 e. The molecule has 0 aromatic rings. The van der Waals surface area contributed by atoms with E-state index in [1.165, 1.54) is 20.6 Å². The number of carbonyl (C=O) groups is 1. The van der Waals surface area contributed by atoms with Crippen molar-refractivity contribution in [3.8, 4) is 0 Å². The van der Waals surface area contributed by atoms with E-state index >= 15 is 0 Å². The van der Waals surface area contributed by atoms with E-state index in [9.17, 15) is 4.79 Å². The summed E-state index contributed by atoms with van der Waals surface area (Å²) < 4.78 is 15.2. The van der Waals surface area contributed by atoms with Crippen LogP contribution in [0.1, 0.15) is 32.1 Å². The van der Waals surface area contributed by atoms with E-state index < -0.39 is 9.28 Å². The molecule has 0 aliphatic heterocycles. The summed E-state index contributed by atoms with van der Waals surface area (Å²) in [4.78, 5) is 11.5. The van der Waals surface area contributed by atoms with E-state index in [2.05, 4.69) is 0 Å². The van der Waals surface area contributed by atoms with Crippen LogP contribution in [0.5, 0.6) is 0 Å². The van der Waals surface area contributed by atoms with E-state index in [4.69, 9.17) is 13.6 Å². The van der Waals surface area contributed by atoms with Gasteiger partial charge in [0.2, 0.25) is 0 Å². The molecule has 0 heterocycles. The van der Waals surface area contributed by atoms with Gasteiger partial charge < -0.3 is 13.6 Å². The second-order valence-corrected chi connectivity index (χ2v) is 5.58. The fourth-order valence-corrected chi connectivity index (χ4v) is 2.57. The molecule has 4 nitrogen and oxygen atoms in total. The van der Waals surface area contributed by atoms with Gasteiger partial charge in [0.25, 0.3) is 0 Å². The molecule has 1 fully saturated rings. The van der Waals surface area contributed by atoms with Crippen LogP contribution in [0.2, 0.25) is 0 Å². The average Bonchev–Trinajstić information content (AvgIpc) is 2.21. The predicted octanol–water partition coefficient (Wildman–Crippen LogP) is 1.55. The van der Waals surface area contributed by atoms with Crippen molar-refractivity contribution in [2.45, 2.75) is 38.2 Å². The molecular formula is C9H18O4Si. The SMILES string of the molecule is CO[SiH](OC)C(=O)OC1CCCCC1. The lowest BCUT2D eigenvalue weighted by Crippen LogP contribution is -2.35. The molecule has 0 atom stereocenters. The summed E-state index contributed by atoms with van der Waals surface area (Å²) in [5.41, 5.74) is -0.276. The van der Waals surface area contributed by atoms with Crippen molar-refractivity contribution >= 4 is 14.9 Å². The second-order valence-electron chi connectivity index (χ2n) is 3.50. The standard InChI is InChI=1S/C9H18O4Si/c1-11-14(12-2)9(10)13-8-6-4-3-5-7-8/h8,14H,3-7H2,1-2H3. The highest BCUT2D eigenvalue weighted by Gasteiger charge is 2.27. The van der Waals surface area contributed by atoms with Crippen LogP contribution in [0, 0.1) is 0 Å². The Hall–Kier alpha value is -0.393. The molecule has 0 aromatic heterocycles. The van der Waals surface area contributed by atoms with E-state index in [0.717, 1.165) is 25.7 Å². The third kappa shape index (κ3) is 3.40. The second kappa shape index (κ2) is 6.16. The van der Waals surface area contributed by atoms with Crippen molar-refractivity contribution in [1.82, 2.24) is 0 Å². The highest BCUT2D eigenvalue weighted by Crippen LogP contribution is 2.20. The molecule has 0 saturated heterocycles. The minimum atomic E-state index is -2.22. The zero-order chi connectivity index (χ0) is 10.4. The lowest BCUT2D eigenvalue weighted by Gasteiger charge is -2.22. The van der Waals surface area contributed by atoms with Gasteiger partial charge in [-0.25, -0.2) is 0 Å². The van der Waals surface area contributed by atoms with Crippen molar-refractivity contribution in [1.29, 1.82) is 0 Å². The number of hydrogen-bond donors (Lipinski definition) is 0. The molecule has 14 heavy (non-hydrogen) atoms. The Morgan fingerprint density at radius 2 is 1.71 bits per heavy atom. The average molecular weight is 218 g/mol. The van der Waals surface area contributed by atoms with Gasteiger partial charge in [-0.15, -0.1) is 0 Å². The molecule has 0 N–H and O–H groups in total. The fourth-order valence-electron chi connectivity index (χ4n) is 1.69. The maximum absolute atomic E-state index is 11.5. The first kappa shape index (κ1) is 11.7. The lowest BCUT2D eigenvalue weighted by atomic mass is 9.98. The quantitative estimate of drug-likeness (QED) is 0.672. The molecule has 0 spiro atoms. The third-order valence-electron chi connectivity index (χ3n) is 2.46. The Bertz CT molecular complexity index is 176. The Morgan fingerprint density at radius 3 is 2.21 bits per heavy atom. The summed E-state index contributed by atoms with van der Waals surface area (Å²) in [6, 6.07) is 0. The zero-order valence-electron chi connectivity index (χ0n) is 8.82. The normalized spacial score (nSPS) is 18.5. The smallest absolute Gasteiger partial charge is 0.446 e. The van der Waals surface area contributed by atoms with Gasteiger partial charge in [0.05, 0.1) is 0 Å². The van der Waals surface area contributed by atoms with Crippen LogP contribution in [0.25, 0.3) is 0 Å². The first-order valence-electron chi connectivity index (χ1n) is 5.04. The van der Waals surface area contributed by atoms with Crippen LogP contribution in [-0.2, 0) is 13.6 Å². The maximum atomic E-state index is 11.5. The van der Waals surface area contributed by atoms with E-state index in [1.54, 1.807) is 0 Å². The topological polar surface area (TPSA) is 44.8 Å². The molecule has 1 aliphatic carbocycles. The summed E-state index contributed by atoms with van der Waals surface area (Å²) >= 11 is 0. The van der Waals surface area contributed by atoms with E-state index in [-0.39, 0.29) is 11.7 Å². The van der Waals surface area contributed by atoms with Gasteiger partial charge in [0.15, 0.2) is 0 Å². The maximum Gasteiger partial charge on any atom is 0.446 e. The molecule has 0 aromatic carbocycles. The van der Waals surface area contributed by atoms with Crippen LogP contribution < -0.4 is 0 Å². The van der Waals surface area contributed by atoms with Gasteiger partial charge in [-0.1, -0.05) is 6.42 Å². The van der Waals surface area contributed by atoms with Gasteiger partial charge in [0.1, 0.15) is 6.10 Å². The minimum absolute atomic E-state index is 0.0940. The van der Waals surface area contributed by atoms with E-state index in [0.29, 0.717) is 0 Å². The monoisotopic (exact) mass is 218 g/mol. The summed E-state index contributed by atoms with van der Waals surface area (Å²) in [7, 11) is 0.759. The van der Waals surface area contributed by atoms with Crippen LogP contribution >= 0.6 is 0 Å². The molecule has 0 bridgehead atoms. The molecular weight excluding hydrogens is 200 g/mol. The highest BCUT2D eigenvalue weighted by molar-refractivity contribution is 6.78. The zero-order valence-corrected chi connectivity index (χ0v) is 9.98. The highest BCUT2D eigenvalue weighted by atomic mass is 28.3. The van der Waals surface area contributed by atoms with Crippen molar-refractivity contribution in [3.05, 3.63) is 0 Å². The molecule has 1 aliphatic rings. The van der Waals surface area contributed by atoms with Crippen molar-refractivity contribution < 1.29 is 18.4 Å². The van der Waals surface area contributed by atoms with Crippen LogP contribution in [0.4, 0.5) is 4.79 Å². The Balaban J connectivity index is 2.30. The molecule has 5 heteroatoms. The fraction of sp³-hybridized carbons (Fsp3) is 0.889. The van der Waals surface area contributed by atoms with E-state index in [1.807, 2.05) is 0 Å². The van der Waals surface area contributed by atoms with Crippen LogP contribution in [-0.4, -0.2) is 35.2 Å². The summed E-state index contributed by atoms with van der Waals surface area (Å²) in [5, 5.41) is 0. The third-order valence-corrected chi connectivity index (χ3v) is 3.83. The Kier molecular flexibility index (Phi) is 5.14. The molecule has 82 valence electrons. The van der Waals surface area contributed by atoms with Crippen molar-refractivity contribution in [3.63, 3.8) is 0 Å². The Morgan fingerprint density at radius 1 is 1.14 bits per heavy atom. The number of ether oxygens (including phenoxy) is 1. The van der Waals surface area contributed by atoms with Crippen molar-refractivity contribution in [2.75, 3.05) is 14.2 Å². The predicted molar refractivity (Wildman–Crippen MR) is 54.5 cm³/mol. The largest absolute Gasteiger partial charge is 0.463 e. The summed E-state index contributed by atoms with van der Waals surface area (Å²) in [6.45, 7) is 0. The molecule has 0 radical (unpaired) electrons. The van der Waals surface area contributed by atoms with Crippen LogP contribution in [0.3, 0.4) is 0 Å². The van der Waals surface area contributed by atoms with Gasteiger partial charge in [-0.3, -0.25) is 4.79 Å². The first-order valence-corrected chi connectivity index (χ1v) is 6.56. The van der Waals surface area contributed by atoms with Crippen molar-refractivity contribution in [2.24, 2.45) is 0 Å². The number of hydrogen-bond acceptors (Lipinski definition) is 4. The molecule has 0 amide bonds. The molecule has 0 unspecified atom stereocenters. The lowest BCUT2D eigenvalue weighted by molar-refractivity contribution is 0.0851. The van der Waals surface area contributed by atoms with Crippen LogP contribution in [0.15, 0.2) is 0 Å². The van der Waals surface area contributed by atoms with Gasteiger partial charge in [-0.2, -0.15) is 0 Å². The van der Waals surface area contributed by atoms with Gasteiger partial charge in [-0.05, 0) is 25.7 Å². The van der Waals surface area contributed by atoms with Gasteiger partial charge in [0, 0.05) is 14.2 Å². The van der Waals surface area contributed by atoms with Gasteiger partial charge >= 0.3 is 14.9 Å². The summed E-state index contributed by atoms with van der Waals surface area (Å²) in [5.74, 6) is 0. The molecule has 1 saturated carbocycles.